The summed E-state index contributed by atoms with van der Waals surface area (Å²) in [4.78, 5) is 23.0. The zero-order valence-corrected chi connectivity index (χ0v) is 15.4. The van der Waals surface area contributed by atoms with Gasteiger partial charge in [0.2, 0.25) is 5.91 Å². The van der Waals surface area contributed by atoms with Gasteiger partial charge in [-0.2, -0.15) is 0 Å². The molecular formula is C17H18BrClN4O. The number of halogens is 2. The highest BCUT2D eigenvalue weighted by Gasteiger charge is 2.26. The first kappa shape index (κ1) is 17.3. The van der Waals surface area contributed by atoms with Gasteiger partial charge in [0.1, 0.15) is 11.0 Å². The van der Waals surface area contributed by atoms with Crippen LogP contribution in [0.1, 0.15) is 18.4 Å². The van der Waals surface area contributed by atoms with Crippen LogP contribution < -0.4 is 5.32 Å². The van der Waals surface area contributed by atoms with E-state index >= 15 is 0 Å². The fraction of sp³-hybridized carbons (Fsp3) is 0.353. The maximum atomic E-state index is 12.5. The summed E-state index contributed by atoms with van der Waals surface area (Å²) in [5.74, 6) is 0.588. The average molecular weight is 410 g/mol. The summed E-state index contributed by atoms with van der Waals surface area (Å²) in [6, 6.07) is 7.49. The lowest BCUT2D eigenvalue weighted by Crippen LogP contribution is -2.40. The highest BCUT2D eigenvalue weighted by molar-refractivity contribution is 9.10. The van der Waals surface area contributed by atoms with E-state index in [0.717, 1.165) is 42.5 Å². The van der Waals surface area contributed by atoms with Crippen LogP contribution in [-0.4, -0.2) is 33.9 Å². The van der Waals surface area contributed by atoms with Gasteiger partial charge >= 0.3 is 0 Å². The Bertz CT molecular complexity index is 710. The first-order chi connectivity index (χ1) is 11.6. The Labute approximate surface area is 154 Å². The molecule has 3 heterocycles. The molecule has 0 aromatic carbocycles. The molecule has 1 aliphatic heterocycles. The molecule has 0 spiro atoms. The number of nitrogens with zero attached hydrogens (tertiary/aromatic N) is 3. The molecule has 1 N–H and O–H groups in total. The summed E-state index contributed by atoms with van der Waals surface area (Å²) in [6.07, 6.45) is 5.29. The van der Waals surface area contributed by atoms with Gasteiger partial charge in [-0.25, -0.2) is 9.97 Å². The van der Waals surface area contributed by atoms with Crippen molar-refractivity contribution in [3.05, 3.63) is 51.8 Å². The van der Waals surface area contributed by atoms with Crippen molar-refractivity contribution in [2.75, 3.05) is 18.4 Å². The first-order valence-corrected chi connectivity index (χ1v) is 9.02. The molecule has 2 aromatic heterocycles. The van der Waals surface area contributed by atoms with Crippen molar-refractivity contribution in [3.63, 3.8) is 0 Å². The van der Waals surface area contributed by atoms with Crippen LogP contribution in [0.15, 0.2) is 41.1 Å². The smallest absolute Gasteiger partial charge is 0.229 e. The van der Waals surface area contributed by atoms with Crippen molar-refractivity contribution in [2.45, 2.75) is 19.4 Å². The molecule has 3 rings (SSSR count). The van der Waals surface area contributed by atoms with Crippen LogP contribution in [0.3, 0.4) is 0 Å². The van der Waals surface area contributed by atoms with Gasteiger partial charge < -0.3 is 5.32 Å². The van der Waals surface area contributed by atoms with E-state index in [1.54, 1.807) is 18.5 Å². The fourth-order valence-electron chi connectivity index (χ4n) is 2.89. The van der Waals surface area contributed by atoms with E-state index < -0.39 is 0 Å². The van der Waals surface area contributed by atoms with E-state index in [4.69, 9.17) is 11.6 Å². The van der Waals surface area contributed by atoms with Gasteiger partial charge in [0.15, 0.2) is 0 Å². The van der Waals surface area contributed by atoms with E-state index in [2.05, 4.69) is 36.1 Å². The Kier molecular flexibility index (Phi) is 5.81. The summed E-state index contributed by atoms with van der Waals surface area (Å²) in [5, 5.41) is 3.40. The highest BCUT2D eigenvalue weighted by Crippen LogP contribution is 2.21. The minimum atomic E-state index is -0.0264. The summed E-state index contributed by atoms with van der Waals surface area (Å²) in [6.45, 7) is 2.51. The molecule has 126 valence electrons. The number of nitrogens with one attached hydrogen (secondary N) is 1. The number of carbonyl (C=O) groups excluding carboxylic acids is 1. The normalized spacial score (nSPS) is 18.3. The van der Waals surface area contributed by atoms with Gasteiger partial charge in [0.05, 0.1) is 5.92 Å². The number of piperidine rings is 1. The number of aromatic nitrogens is 2. The minimum Gasteiger partial charge on any atom is -0.310 e. The molecule has 0 aliphatic carbocycles. The zero-order valence-electron chi connectivity index (χ0n) is 13.1. The molecule has 1 unspecified atom stereocenters. The lowest BCUT2D eigenvalue weighted by Gasteiger charge is -2.31. The number of carbonyl (C=O) groups is 1. The lowest BCUT2D eigenvalue weighted by molar-refractivity contribution is -0.121. The van der Waals surface area contributed by atoms with Gasteiger partial charge in [0.25, 0.3) is 0 Å². The van der Waals surface area contributed by atoms with Crippen molar-refractivity contribution in [1.82, 2.24) is 14.9 Å². The average Bonchev–Trinajstić information content (AvgIpc) is 2.57. The second-order valence-electron chi connectivity index (χ2n) is 5.91. The van der Waals surface area contributed by atoms with Crippen LogP contribution in [0.4, 0.5) is 5.82 Å². The number of pyridine rings is 2. The number of hydrogen-bond acceptors (Lipinski definition) is 4. The van der Waals surface area contributed by atoms with E-state index in [9.17, 15) is 4.79 Å². The van der Waals surface area contributed by atoms with Gasteiger partial charge in [-0.3, -0.25) is 9.69 Å². The third kappa shape index (κ3) is 4.75. The molecule has 0 saturated carbocycles. The van der Waals surface area contributed by atoms with Crippen molar-refractivity contribution in [3.8, 4) is 0 Å². The molecule has 1 amide bonds. The first-order valence-electron chi connectivity index (χ1n) is 7.85. The van der Waals surface area contributed by atoms with Gasteiger partial charge in [-0.1, -0.05) is 11.6 Å². The summed E-state index contributed by atoms with van der Waals surface area (Å²) >= 11 is 9.28. The van der Waals surface area contributed by atoms with Gasteiger partial charge in [0, 0.05) is 30.0 Å². The number of likely N-dealkylation sites (tertiary alicyclic amines) is 1. The molecule has 0 radical (unpaired) electrons. The fourth-order valence-corrected chi connectivity index (χ4v) is 3.32. The molecule has 1 atom stereocenters. The standard InChI is InChI=1S/C17H18BrClN4O/c18-14-3-4-16(21-9-14)22-17(24)13-2-1-7-23(11-13)10-12-5-6-20-15(19)8-12/h3-6,8-9,13H,1-2,7,10-11H2,(H,21,22,24). The number of hydrogen-bond donors (Lipinski definition) is 1. The molecule has 1 aliphatic rings. The topological polar surface area (TPSA) is 58.1 Å². The minimum absolute atomic E-state index is 0.0264. The summed E-state index contributed by atoms with van der Waals surface area (Å²) in [5.41, 5.74) is 1.12. The molecular weight excluding hydrogens is 392 g/mol. The quantitative estimate of drug-likeness (QED) is 0.782. The van der Waals surface area contributed by atoms with Gasteiger partial charge in [-0.05, 0) is 65.1 Å². The van der Waals surface area contributed by atoms with Crippen molar-refractivity contribution in [1.29, 1.82) is 0 Å². The largest absolute Gasteiger partial charge is 0.310 e. The predicted molar refractivity (Wildman–Crippen MR) is 97.8 cm³/mol. The molecule has 5 nitrogen and oxygen atoms in total. The highest BCUT2D eigenvalue weighted by atomic mass is 79.9. The van der Waals surface area contributed by atoms with Crippen LogP contribution in [0.25, 0.3) is 0 Å². The van der Waals surface area contributed by atoms with E-state index in [1.807, 2.05) is 18.2 Å². The van der Waals surface area contributed by atoms with Crippen molar-refractivity contribution < 1.29 is 4.79 Å². The third-order valence-electron chi connectivity index (χ3n) is 4.05. The molecule has 2 aromatic rings. The molecule has 0 bridgehead atoms. The lowest BCUT2D eigenvalue weighted by atomic mass is 9.96. The van der Waals surface area contributed by atoms with Crippen LogP contribution in [0.2, 0.25) is 5.15 Å². The van der Waals surface area contributed by atoms with Crippen LogP contribution in [0, 0.1) is 5.92 Å². The summed E-state index contributed by atoms with van der Waals surface area (Å²) in [7, 11) is 0. The maximum Gasteiger partial charge on any atom is 0.229 e. The molecule has 24 heavy (non-hydrogen) atoms. The number of rotatable bonds is 4. The Hall–Kier alpha value is -1.50. The predicted octanol–water partition coefficient (Wildman–Crippen LogP) is 3.74. The SMILES string of the molecule is O=C(Nc1ccc(Br)cn1)C1CCCN(Cc2ccnc(Cl)c2)C1. The Balaban J connectivity index is 1.58. The molecule has 7 heteroatoms. The van der Waals surface area contributed by atoms with Crippen LogP contribution >= 0.6 is 27.5 Å². The second kappa shape index (κ2) is 8.05. The van der Waals surface area contributed by atoms with Crippen LogP contribution in [0.5, 0.6) is 0 Å². The Morgan fingerprint density at radius 3 is 3.00 bits per heavy atom. The van der Waals surface area contributed by atoms with E-state index in [0.29, 0.717) is 11.0 Å². The van der Waals surface area contributed by atoms with E-state index in [-0.39, 0.29) is 11.8 Å². The second-order valence-corrected chi connectivity index (χ2v) is 7.21. The molecule has 1 fully saturated rings. The number of anilines is 1. The van der Waals surface area contributed by atoms with E-state index in [1.165, 1.54) is 0 Å². The molecule has 1 saturated heterocycles. The number of amides is 1. The summed E-state index contributed by atoms with van der Waals surface area (Å²) < 4.78 is 0.889. The van der Waals surface area contributed by atoms with Crippen molar-refractivity contribution in [2.24, 2.45) is 5.92 Å². The maximum absolute atomic E-state index is 12.5. The monoisotopic (exact) mass is 408 g/mol. The zero-order chi connectivity index (χ0) is 16.9. The van der Waals surface area contributed by atoms with Crippen molar-refractivity contribution >= 4 is 39.3 Å². The van der Waals surface area contributed by atoms with Crippen LogP contribution in [-0.2, 0) is 11.3 Å². The van der Waals surface area contributed by atoms with Gasteiger partial charge in [-0.15, -0.1) is 0 Å². The third-order valence-corrected chi connectivity index (χ3v) is 4.73. The Morgan fingerprint density at radius 1 is 1.38 bits per heavy atom. The Morgan fingerprint density at radius 2 is 2.25 bits per heavy atom.